The number of carbonyl (C=O) groups is 2. The molecular weight excluding hydrogens is 320 g/mol. The first-order valence-corrected chi connectivity index (χ1v) is 8.39. The third-order valence-electron chi connectivity index (χ3n) is 5.71. The molecule has 5 nitrogen and oxygen atoms in total. The quantitative estimate of drug-likeness (QED) is 0.623. The summed E-state index contributed by atoms with van der Waals surface area (Å²) in [5.41, 5.74) is 0.449. The summed E-state index contributed by atoms with van der Waals surface area (Å²) >= 11 is 0. The van der Waals surface area contributed by atoms with Gasteiger partial charge < -0.3 is 14.2 Å². The smallest absolute Gasteiger partial charge is 0.231 e. The second-order valence-corrected chi connectivity index (χ2v) is 6.79. The fourth-order valence-corrected chi connectivity index (χ4v) is 4.46. The number of rotatable bonds is 4. The molecule has 1 aromatic carbocycles. The molecular formula is C20H20O5. The third kappa shape index (κ3) is 2.05. The van der Waals surface area contributed by atoms with Gasteiger partial charge in [0.25, 0.3) is 0 Å². The van der Waals surface area contributed by atoms with Crippen LogP contribution >= 0.6 is 0 Å². The number of benzene rings is 1. The first kappa shape index (κ1) is 16.1. The van der Waals surface area contributed by atoms with Crippen LogP contribution in [0.5, 0.6) is 11.5 Å². The first-order valence-electron chi connectivity index (χ1n) is 8.39. The number of hydrogen-bond donors (Lipinski definition) is 0. The molecule has 0 radical (unpaired) electrons. The molecule has 4 rings (SSSR count). The molecule has 0 spiro atoms. The van der Waals surface area contributed by atoms with Crippen molar-refractivity contribution in [3.63, 3.8) is 0 Å². The predicted octanol–water partition coefficient (Wildman–Crippen LogP) is 2.80. The van der Waals surface area contributed by atoms with Gasteiger partial charge in [0, 0.05) is 18.9 Å². The number of allylic oxidation sites excluding steroid dienone is 2. The number of carbonyl (C=O) groups excluding carboxylic acids is 2. The van der Waals surface area contributed by atoms with Crippen molar-refractivity contribution in [1.29, 1.82) is 0 Å². The summed E-state index contributed by atoms with van der Waals surface area (Å²) in [5, 5.41) is 0. The summed E-state index contributed by atoms with van der Waals surface area (Å²) in [6.07, 6.45) is 3.84. The van der Waals surface area contributed by atoms with Crippen molar-refractivity contribution in [2.75, 3.05) is 13.9 Å². The number of Topliss-reactive ketones (excluding diaryl/α,β-unsaturated/α-hetero) is 2. The molecule has 2 bridgehead atoms. The van der Waals surface area contributed by atoms with Gasteiger partial charge in [-0.3, -0.25) is 9.59 Å². The summed E-state index contributed by atoms with van der Waals surface area (Å²) in [5.74, 6) is -0.0868. The molecule has 25 heavy (non-hydrogen) atoms. The minimum Gasteiger partial charge on any atom is -0.454 e. The van der Waals surface area contributed by atoms with E-state index in [1.54, 1.807) is 12.2 Å². The van der Waals surface area contributed by atoms with Crippen LogP contribution < -0.4 is 9.47 Å². The molecule has 4 atom stereocenters. The number of fused-ring (bicyclic) bond motifs is 3. The van der Waals surface area contributed by atoms with E-state index in [1.807, 2.05) is 25.1 Å². The van der Waals surface area contributed by atoms with Gasteiger partial charge in [-0.25, -0.2) is 0 Å². The van der Waals surface area contributed by atoms with Crippen LogP contribution in [0.15, 0.2) is 42.5 Å². The lowest BCUT2D eigenvalue weighted by Crippen LogP contribution is -2.45. The van der Waals surface area contributed by atoms with Gasteiger partial charge in [0.05, 0.1) is 5.92 Å². The van der Waals surface area contributed by atoms with Crippen LogP contribution in [0.25, 0.3) is 0 Å². The Morgan fingerprint density at radius 2 is 2.08 bits per heavy atom. The highest BCUT2D eigenvalue weighted by atomic mass is 16.7. The van der Waals surface area contributed by atoms with Crippen LogP contribution in [0.2, 0.25) is 0 Å². The van der Waals surface area contributed by atoms with Crippen LogP contribution in [-0.2, 0) is 14.3 Å². The Balaban J connectivity index is 1.83. The molecule has 2 aliphatic carbocycles. The Kier molecular flexibility index (Phi) is 3.58. The number of ether oxygens (including phenoxy) is 3. The van der Waals surface area contributed by atoms with E-state index in [-0.39, 0.29) is 30.2 Å². The van der Waals surface area contributed by atoms with Gasteiger partial charge in [-0.2, -0.15) is 0 Å². The minimum absolute atomic E-state index is 0.121. The maximum Gasteiger partial charge on any atom is 0.231 e. The molecule has 4 unspecified atom stereocenters. The fourth-order valence-electron chi connectivity index (χ4n) is 4.46. The molecule has 5 heteroatoms. The zero-order chi connectivity index (χ0) is 17.8. The van der Waals surface area contributed by atoms with Crippen LogP contribution in [0.3, 0.4) is 0 Å². The van der Waals surface area contributed by atoms with E-state index >= 15 is 0 Å². The zero-order valence-electron chi connectivity index (χ0n) is 14.3. The molecule has 0 saturated heterocycles. The van der Waals surface area contributed by atoms with Crippen molar-refractivity contribution < 1.29 is 23.8 Å². The van der Waals surface area contributed by atoms with Gasteiger partial charge in [0.1, 0.15) is 5.60 Å². The van der Waals surface area contributed by atoms with E-state index in [4.69, 9.17) is 14.2 Å². The predicted molar refractivity (Wildman–Crippen MR) is 90.6 cm³/mol. The normalized spacial score (nSPS) is 32.7. The molecule has 1 saturated carbocycles. The first-order chi connectivity index (χ1) is 12.0. The van der Waals surface area contributed by atoms with Crippen molar-refractivity contribution in [2.24, 2.45) is 11.8 Å². The average molecular weight is 340 g/mol. The monoisotopic (exact) mass is 340 g/mol. The van der Waals surface area contributed by atoms with Crippen LogP contribution in [0, 0.1) is 11.8 Å². The van der Waals surface area contributed by atoms with E-state index in [9.17, 15) is 9.59 Å². The van der Waals surface area contributed by atoms with Crippen LogP contribution in [-0.4, -0.2) is 31.1 Å². The molecule has 3 aliphatic rings. The van der Waals surface area contributed by atoms with Gasteiger partial charge in [-0.1, -0.05) is 19.1 Å². The maximum atomic E-state index is 13.1. The number of ketones is 2. The lowest BCUT2D eigenvalue weighted by atomic mass is 9.80. The van der Waals surface area contributed by atoms with Crippen LogP contribution in [0.1, 0.15) is 24.8 Å². The van der Waals surface area contributed by atoms with E-state index < -0.39 is 11.5 Å². The Hall–Kier alpha value is -2.40. The number of methoxy groups -OCH3 is 1. The van der Waals surface area contributed by atoms with Crippen LogP contribution in [0.4, 0.5) is 0 Å². The maximum absolute atomic E-state index is 13.1. The molecule has 0 amide bonds. The summed E-state index contributed by atoms with van der Waals surface area (Å²) in [4.78, 5) is 26.0. The highest BCUT2D eigenvalue weighted by Gasteiger charge is 2.63. The molecule has 1 aromatic rings. The second kappa shape index (κ2) is 5.56. The zero-order valence-corrected chi connectivity index (χ0v) is 14.3. The van der Waals surface area contributed by atoms with Crippen molar-refractivity contribution >= 4 is 11.6 Å². The molecule has 1 heterocycles. The highest BCUT2D eigenvalue weighted by molar-refractivity contribution is 6.19. The van der Waals surface area contributed by atoms with Crippen molar-refractivity contribution in [3.8, 4) is 11.5 Å². The Morgan fingerprint density at radius 1 is 1.32 bits per heavy atom. The lowest BCUT2D eigenvalue weighted by Gasteiger charge is -2.30. The molecule has 0 aromatic heterocycles. The van der Waals surface area contributed by atoms with Gasteiger partial charge in [-0.15, -0.1) is 6.58 Å². The van der Waals surface area contributed by atoms with Gasteiger partial charge >= 0.3 is 0 Å². The minimum atomic E-state index is -1.06. The Labute approximate surface area is 146 Å². The Bertz CT molecular complexity index is 808. The topological polar surface area (TPSA) is 61.8 Å². The SMILES string of the molecule is C=CCC1=CC2(OC)C(=O)C(C1=O)C(c1ccc3c(c1)OCO3)C2C. The fraction of sp³-hybridized carbons (Fsp3) is 0.400. The van der Waals surface area contributed by atoms with Crippen molar-refractivity contribution in [1.82, 2.24) is 0 Å². The highest BCUT2D eigenvalue weighted by Crippen LogP contribution is 2.54. The van der Waals surface area contributed by atoms with Gasteiger partial charge in [0.15, 0.2) is 23.1 Å². The van der Waals surface area contributed by atoms with E-state index in [2.05, 4.69) is 6.58 Å². The largest absolute Gasteiger partial charge is 0.454 e. The molecule has 130 valence electrons. The summed E-state index contributed by atoms with van der Waals surface area (Å²) in [6, 6.07) is 5.62. The van der Waals surface area contributed by atoms with Gasteiger partial charge in [-0.05, 0) is 35.8 Å². The summed E-state index contributed by atoms with van der Waals surface area (Å²) in [6.45, 7) is 5.87. The van der Waals surface area contributed by atoms with E-state index in [1.165, 1.54) is 7.11 Å². The Morgan fingerprint density at radius 3 is 2.80 bits per heavy atom. The van der Waals surface area contributed by atoms with E-state index in [0.717, 1.165) is 5.56 Å². The molecule has 1 aliphatic heterocycles. The number of hydrogen-bond acceptors (Lipinski definition) is 5. The molecule has 0 N–H and O–H groups in total. The summed E-state index contributed by atoms with van der Waals surface area (Å²) < 4.78 is 16.5. The summed E-state index contributed by atoms with van der Waals surface area (Å²) in [7, 11) is 1.53. The molecule has 1 fully saturated rings. The van der Waals surface area contributed by atoms with E-state index in [0.29, 0.717) is 23.5 Å². The average Bonchev–Trinajstić information content (AvgIpc) is 3.13. The van der Waals surface area contributed by atoms with Crippen molar-refractivity contribution in [2.45, 2.75) is 24.9 Å². The third-order valence-corrected chi connectivity index (χ3v) is 5.71. The second-order valence-electron chi connectivity index (χ2n) is 6.79. The standard InChI is InChI=1S/C20H20O5/c1-4-5-13-9-20(23-3)11(2)16(17(18(13)21)19(20)22)12-6-7-14-15(8-12)25-10-24-14/h4,6-9,11,16-17H,1,5,10H2,2-3H3. The lowest BCUT2D eigenvalue weighted by molar-refractivity contribution is -0.141. The van der Waals surface area contributed by atoms with Crippen molar-refractivity contribution in [3.05, 3.63) is 48.1 Å². The van der Waals surface area contributed by atoms with Gasteiger partial charge in [0.2, 0.25) is 6.79 Å².